The van der Waals surface area contributed by atoms with E-state index in [1.54, 1.807) is 19.3 Å². The number of benzene rings is 1. The molecule has 0 saturated carbocycles. The van der Waals surface area contributed by atoms with Crippen LogP contribution < -0.4 is 0 Å². The van der Waals surface area contributed by atoms with Gasteiger partial charge < -0.3 is 28.8 Å². The van der Waals surface area contributed by atoms with E-state index in [1.807, 2.05) is 24.3 Å². The predicted molar refractivity (Wildman–Crippen MR) is 145 cm³/mol. The molecule has 2 aromatic rings. The van der Waals surface area contributed by atoms with Crippen molar-refractivity contribution in [3.05, 3.63) is 35.5 Å². The normalized spacial score (nSPS) is 24.0. The number of aromatic nitrogens is 2. The zero-order valence-electron chi connectivity index (χ0n) is 22.9. The monoisotopic (exact) mass is 587 g/mol. The van der Waals surface area contributed by atoms with Crippen molar-refractivity contribution in [3.63, 3.8) is 0 Å². The molecule has 3 heterocycles. The molecule has 0 unspecified atom stereocenters. The molecule has 1 fully saturated rings. The summed E-state index contributed by atoms with van der Waals surface area (Å²) in [6.45, 7) is 4.30. The average molecular weight is 588 g/mol. The van der Waals surface area contributed by atoms with Gasteiger partial charge in [-0.25, -0.2) is 4.98 Å². The van der Waals surface area contributed by atoms with Crippen LogP contribution in [0.1, 0.15) is 39.0 Å². The predicted octanol–water partition coefficient (Wildman–Crippen LogP) is 2.56. The third-order valence-electron chi connectivity index (χ3n) is 6.07. The molecule has 5 atom stereocenters. The number of ether oxygens (including phenoxy) is 5. The summed E-state index contributed by atoms with van der Waals surface area (Å²) in [5.74, 6) is -2.94. The molecular weight excluding hydrogens is 558 g/mol. The topological polar surface area (TPSA) is 165 Å². The van der Waals surface area contributed by atoms with Gasteiger partial charge in [-0.05, 0) is 12.1 Å². The number of hydrogen-bond acceptors (Lipinski definition) is 13. The Kier molecular flexibility index (Phi) is 9.13. The van der Waals surface area contributed by atoms with Gasteiger partial charge in [-0.2, -0.15) is 0 Å². The third-order valence-corrected chi connectivity index (χ3v) is 7.26. The summed E-state index contributed by atoms with van der Waals surface area (Å²) < 4.78 is 29.0. The molecule has 41 heavy (non-hydrogen) atoms. The van der Waals surface area contributed by atoms with Gasteiger partial charge in [0.05, 0.1) is 5.69 Å². The van der Waals surface area contributed by atoms with E-state index in [0.717, 1.165) is 49.4 Å². The standard InChI is InChI=1S/C27H29N3O10S/c1-13(31)36-12-21-22(37-14(2)32)23(38-15(3)33)24(39-16(4)34)26(40-21)41-27-29-20(25(35)30(27)5)10-17-11-28-19-9-7-6-8-18(17)19/h6-11,21-24,26,35H,12H2,1-5H3/b17-10+/t21-,22-,23+,24-,26+/m1/s1. The number of hydrogen-bond donors (Lipinski definition) is 1. The Hall–Kier alpha value is -4.17. The van der Waals surface area contributed by atoms with Crippen LogP contribution in [0.2, 0.25) is 0 Å². The highest BCUT2D eigenvalue weighted by atomic mass is 32.2. The molecule has 0 aliphatic carbocycles. The Morgan fingerprint density at radius 3 is 2.27 bits per heavy atom. The van der Waals surface area contributed by atoms with Gasteiger partial charge >= 0.3 is 23.9 Å². The minimum absolute atomic E-state index is 0.150. The van der Waals surface area contributed by atoms with E-state index in [4.69, 9.17) is 23.7 Å². The molecule has 1 aromatic carbocycles. The Morgan fingerprint density at radius 2 is 1.61 bits per heavy atom. The fourth-order valence-corrected chi connectivity index (χ4v) is 5.53. The SMILES string of the molecule is CC(=O)OC[C@H]1O[C@@H](Sc2nc(/C=C3\C=Nc4ccccc43)c(O)n2C)[C@H](OC(C)=O)[C@@H](OC(C)=O)[C@@H]1OC(C)=O. The quantitative estimate of drug-likeness (QED) is 0.355. The first-order valence-electron chi connectivity index (χ1n) is 12.5. The van der Waals surface area contributed by atoms with Gasteiger partial charge in [-0.1, -0.05) is 30.0 Å². The lowest BCUT2D eigenvalue weighted by molar-refractivity contribution is -0.237. The van der Waals surface area contributed by atoms with Crippen molar-refractivity contribution in [2.75, 3.05) is 6.61 Å². The minimum atomic E-state index is -1.31. The van der Waals surface area contributed by atoms with E-state index in [1.165, 1.54) is 11.5 Å². The number of imidazole rings is 1. The van der Waals surface area contributed by atoms with Crippen LogP contribution in [0, 0.1) is 0 Å². The first-order chi connectivity index (χ1) is 19.4. The molecule has 13 nitrogen and oxygen atoms in total. The summed E-state index contributed by atoms with van der Waals surface area (Å²) in [6, 6.07) is 7.53. The highest BCUT2D eigenvalue weighted by molar-refractivity contribution is 7.99. The van der Waals surface area contributed by atoms with E-state index < -0.39 is 53.7 Å². The smallest absolute Gasteiger partial charge is 0.303 e. The second kappa shape index (κ2) is 12.6. The lowest BCUT2D eigenvalue weighted by Crippen LogP contribution is -2.61. The number of thioether (sulfide) groups is 1. The average Bonchev–Trinajstić information content (AvgIpc) is 3.42. The van der Waals surface area contributed by atoms with Crippen LogP contribution in [0.25, 0.3) is 11.6 Å². The fourth-order valence-electron chi connectivity index (χ4n) is 4.38. The van der Waals surface area contributed by atoms with Gasteiger partial charge in [-0.3, -0.25) is 28.7 Å². The molecule has 2 aliphatic heterocycles. The molecule has 0 radical (unpaired) electrons. The summed E-state index contributed by atoms with van der Waals surface area (Å²) in [7, 11) is 1.58. The van der Waals surface area contributed by atoms with Gasteiger partial charge in [0, 0.05) is 52.1 Å². The number of para-hydroxylation sites is 1. The maximum absolute atomic E-state index is 12.1. The number of rotatable bonds is 8. The van der Waals surface area contributed by atoms with Crippen molar-refractivity contribution >= 4 is 59.2 Å². The highest BCUT2D eigenvalue weighted by Gasteiger charge is 2.52. The third kappa shape index (κ3) is 6.95. The van der Waals surface area contributed by atoms with E-state index >= 15 is 0 Å². The lowest BCUT2D eigenvalue weighted by atomic mass is 9.99. The number of allylic oxidation sites excluding steroid dienone is 1. The Morgan fingerprint density at radius 1 is 0.976 bits per heavy atom. The molecule has 218 valence electrons. The zero-order chi connectivity index (χ0) is 29.8. The summed E-state index contributed by atoms with van der Waals surface area (Å²) in [6.07, 6.45) is -1.60. The largest absolute Gasteiger partial charge is 0.493 e. The van der Waals surface area contributed by atoms with Gasteiger partial charge in [0.1, 0.15) is 18.4 Å². The van der Waals surface area contributed by atoms with Crippen LogP contribution in [-0.4, -0.2) is 81.2 Å². The summed E-state index contributed by atoms with van der Waals surface area (Å²) in [5, 5.41) is 11.1. The molecular formula is C27H29N3O10S. The van der Waals surface area contributed by atoms with Crippen molar-refractivity contribution in [2.45, 2.75) is 62.7 Å². The van der Waals surface area contributed by atoms with E-state index in [-0.39, 0.29) is 23.3 Å². The van der Waals surface area contributed by atoms with Crippen molar-refractivity contribution in [3.8, 4) is 5.88 Å². The second-order valence-corrected chi connectivity index (χ2v) is 10.3. The fraction of sp³-hybridized carbons (Fsp3) is 0.407. The molecule has 1 N–H and O–H groups in total. The minimum Gasteiger partial charge on any atom is -0.493 e. The molecule has 0 spiro atoms. The first-order valence-corrected chi connectivity index (χ1v) is 13.4. The van der Waals surface area contributed by atoms with Crippen LogP contribution >= 0.6 is 11.8 Å². The van der Waals surface area contributed by atoms with Crippen LogP contribution in [0.3, 0.4) is 0 Å². The molecule has 14 heteroatoms. The van der Waals surface area contributed by atoms with Crippen LogP contribution in [0.4, 0.5) is 5.69 Å². The van der Waals surface area contributed by atoms with Crippen molar-refractivity contribution in [1.82, 2.24) is 9.55 Å². The van der Waals surface area contributed by atoms with Crippen molar-refractivity contribution < 1.29 is 48.0 Å². The number of fused-ring (bicyclic) bond motifs is 1. The zero-order valence-corrected chi connectivity index (χ0v) is 23.7. The van der Waals surface area contributed by atoms with E-state index in [0.29, 0.717) is 0 Å². The number of aromatic hydroxyl groups is 1. The van der Waals surface area contributed by atoms with Crippen LogP contribution in [0.15, 0.2) is 34.4 Å². The number of carbonyl (C=O) groups excluding carboxylic acids is 4. The molecule has 2 aliphatic rings. The Bertz CT molecular complexity index is 1420. The number of aliphatic imine (C=N–C) groups is 1. The summed E-state index contributed by atoms with van der Waals surface area (Å²) >= 11 is 0.967. The van der Waals surface area contributed by atoms with E-state index in [9.17, 15) is 24.3 Å². The second-order valence-electron chi connectivity index (χ2n) is 9.22. The first kappa shape index (κ1) is 29.8. The number of carbonyl (C=O) groups is 4. The van der Waals surface area contributed by atoms with Gasteiger partial charge in [0.15, 0.2) is 28.9 Å². The number of esters is 4. The number of nitrogens with zero attached hydrogens (tertiary/aromatic N) is 3. The van der Waals surface area contributed by atoms with Gasteiger partial charge in [0.25, 0.3) is 0 Å². The highest BCUT2D eigenvalue weighted by Crippen LogP contribution is 2.39. The van der Waals surface area contributed by atoms with Crippen molar-refractivity contribution in [2.24, 2.45) is 12.0 Å². The van der Waals surface area contributed by atoms with Gasteiger partial charge in [0.2, 0.25) is 5.88 Å². The Labute approximate surface area is 239 Å². The van der Waals surface area contributed by atoms with Crippen LogP contribution in [0.5, 0.6) is 5.88 Å². The molecule has 0 amide bonds. The van der Waals surface area contributed by atoms with Crippen LogP contribution in [-0.2, 0) is 49.9 Å². The van der Waals surface area contributed by atoms with E-state index in [2.05, 4.69) is 9.98 Å². The van der Waals surface area contributed by atoms with Gasteiger partial charge in [-0.15, -0.1) is 0 Å². The maximum Gasteiger partial charge on any atom is 0.303 e. The molecule has 1 aromatic heterocycles. The maximum atomic E-state index is 12.1. The van der Waals surface area contributed by atoms with Crippen molar-refractivity contribution in [1.29, 1.82) is 0 Å². The Balaban J connectivity index is 1.70. The molecule has 0 bridgehead atoms. The molecule has 4 rings (SSSR count). The summed E-state index contributed by atoms with van der Waals surface area (Å²) in [4.78, 5) is 56.6. The lowest BCUT2D eigenvalue weighted by Gasteiger charge is -2.43. The molecule has 1 saturated heterocycles. The summed E-state index contributed by atoms with van der Waals surface area (Å²) in [5.41, 5.74) is 1.58.